The van der Waals surface area contributed by atoms with E-state index in [4.69, 9.17) is 16.7 Å². The molecule has 0 bridgehead atoms. The number of carboxylic acids is 1. The van der Waals surface area contributed by atoms with Crippen molar-refractivity contribution in [2.45, 2.75) is 33.4 Å². The van der Waals surface area contributed by atoms with Crippen molar-refractivity contribution in [3.63, 3.8) is 0 Å². The molecule has 2 rings (SSSR count). The van der Waals surface area contributed by atoms with Gasteiger partial charge in [-0.05, 0) is 13.3 Å². The van der Waals surface area contributed by atoms with Crippen LogP contribution in [0.1, 0.15) is 25.2 Å². The van der Waals surface area contributed by atoms with E-state index in [1.807, 2.05) is 18.5 Å². The fraction of sp³-hybridized carbons (Fsp3) is 0.667. The lowest BCUT2D eigenvalue weighted by Crippen LogP contribution is -2.49. The minimum absolute atomic E-state index is 0.229. The second-order valence-corrected chi connectivity index (χ2v) is 4.98. The average molecular weight is 272 g/mol. The van der Waals surface area contributed by atoms with Crippen molar-refractivity contribution in [2.24, 2.45) is 5.92 Å². The molecule has 1 aliphatic heterocycles. The molecule has 1 aromatic rings. The molecule has 0 amide bonds. The largest absolute Gasteiger partial charge is 0.481 e. The highest BCUT2D eigenvalue weighted by Gasteiger charge is 2.33. The number of halogens is 1. The van der Waals surface area contributed by atoms with Gasteiger partial charge in [0.1, 0.15) is 0 Å². The van der Waals surface area contributed by atoms with Gasteiger partial charge in [-0.3, -0.25) is 14.4 Å². The molecule has 100 valence electrons. The van der Waals surface area contributed by atoms with Crippen molar-refractivity contribution in [1.82, 2.24) is 14.7 Å². The smallest absolute Gasteiger partial charge is 0.309 e. The molecule has 0 unspecified atom stereocenters. The quantitative estimate of drug-likeness (QED) is 0.884. The molecule has 0 aliphatic carbocycles. The van der Waals surface area contributed by atoms with E-state index in [-0.39, 0.29) is 5.92 Å². The molecule has 1 aromatic heterocycles. The van der Waals surface area contributed by atoms with Crippen molar-refractivity contribution in [2.75, 3.05) is 13.1 Å². The van der Waals surface area contributed by atoms with Gasteiger partial charge < -0.3 is 5.11 Å². The Labute approximate surface area is 111 Å². The van der Waals surface area contributed by atoms with Gasteiger partial charge in [0.15, 0.2) is 0 Å². The second-order valence-electron chi connectivity index (χ2n) is 4.61. The SMILES string of the molecule is CCc1nn(CC)c(CN2CC(C(=O)O)C2)c1Cl. The highest BCUT2D eigenvalue weighted by molar-refractivity contribution is 6.31. The van der Waals surface area contributed by atoms with Crippen LogP contribution >= 0.6 is 11.6 Å². The van der Waals surface area contributed by atoms with Gasteiger partial charge in [0.05, 0.1) is 22.3 Å². The maximum Gasteiger partial charge on any atom is 0.309 e. The summed E-state index contributed by atoms with van der Waals surface area (Å²) in [4.78, 5) is 12.8. The van der Waals surface area contributed by atoms with Crippen LogP contribution < -0.4 is 0 Å². The predicted octanol–water partition coefficient (Wildman–Crippen LogP) is 1.64. The summed E-state index contributed by atoms with van der Waals surface area (Å²) >= 11 is 6.31. The Kier molecular flexibility index (Phi) is 3.92. The Morgan fingerprint density at radius 3 is 2.67 bits per heavy atom. The molecule has 1 saturated heterocycles. The third kappa shape index (κ3) is 2.37. The van der Waals surface area contributed by atoms with Crippen LogP contribution in [0.25, 0.3) is 0 Å². The van der Waals surface area contributed by atoms with E-state index in [9.17, 15) is 4.79 Å². The number of hydrogen-bond donors (Lipinski definition) is 1. The first kappa shape index (κ1) is 13.4. The second kappa shape index (κ2) is 5.28. The number of nitrogens with zero attached hydrogens (tertiary/aromatic N) is 3. The Morgan fingerprint density at radius 2 is 2.17 bits per heavy atom. The number of aliphatic carboxylic acids is 1. The van der Waals surface area contributed by atoms with E-state index < -0.39 is 5.97 Å². The Hall–Kier alpha value is -1.07. The summed E-state index contributed by atoms with van der Waals surface area (Å²) in [5, 5.41) is 14.0. The van der Waals surface area contributed by atoms with Crippen molar-refractivity contribution in [1.29, 1.82) is 0 Å². The number of carboxylic acid groups (broad SMARTS) is 1. The molecule has 0 saturated carbocycles. The van der Waals surface area contributed by atoms with Crippen LogP contribution in [0.4, 0.5) is 0 Å². The number of hydrogen-bond acceptors (Lipinski definition) is 3. The molecule has 0 atom stereocenters. The molecular weight excluding hydrogens is 254 g/mol. The van der Waals surface area contributed by atoms with Gasteiger partial charge in [0.25, 0.3) is 0 Å². The van der Waals surface area contributed by atoms with Crippen LogP contribution in [0, 0.1) is 5.92 Å². The zero-order chi connectivity index (χ0) is 13.3. The van der Waals surface area contributed by atoms with Gasteiger partial charge in [-0.15, -0.1) is 0 Å². The summed E-state index contributed by atoms with van der Waals surface area (Å²) in [7, 11) is 0. The maximum atomic E-state index is 10.7. The van der Waals surface area contributed by atoms with Crippen LogP contribution in [-0.2, 0) is 24.3 Å². The Morgan fingerprint density at radius 1 is 1.50 bits per heavy atom. The number of aryl methyl sites for hydroxylation is 2. The molecule has 1 N–H and O–H groups in total. The lowest BCUT2D eigenvalue weighted by molar-refractivity contribution is -0.147. The minimum atomic E-state index is -0.712. The van der Waals surface area contributed by atoms with E-state index in [0.29, 0.717) is 19.6 Å². The van der Waals surface area contributed by atoms with E-state index >= 15 is 0 Å². The normalized spacial score (nSPS) is 16.8. The summed E-state index contributed by atoms with van der Waals surface area (Å²) in [6.45, 7) is 6.73. The number of aromatic nitrogens is 2. The zero-order valence-electron chi connectivity index (χ0n) is 10.7. The third-order valence-electron chi connectivity index (χ3n) is 3.37. The van der Waals surface area contributed by atoms with Gasteiger partial charge >= 0.3 is 5.97 Å². The molecule has 0 spiro atoms. The lowest BCUT2D eigenvalue weighted by Gasteiger charge is -2.36. The van der Waals surface area contributed by atoms with Crippen molar-refractivity contribution < 1.29 is 9.90 Å². The van der Waals surface area contributed by atoms with Crippen LogP contribution in [0.15, 0.2) is 0 Å². The maximum absolute atomic E-state index is 10.7. The average Bonchev–Trinajstić information content (AvgIpc) is 2.59. The summed E-state index contributed by atoms with van der Waals surface area (Å²) in [6.07, 6.45) is 0.816. The topological polar surface area (TPSA) is 58.4 Å². The number of rotatable bonds is 5. The lowest BCUT2D eigenvalue weighted by atomic mass is 10.0. The van der Waals surface area contributed by atoms with Gasteiger partial charge in [0, 0.05) is 26.2 Å². The summed E-state index contributed by atoms with van der Waals surface area (Å²) < 4.78 is 1.91. The van der Waals surface area contributed by atoms with E-state index in [1.54, 1.807) is 0 Å². The van der Waals surface area contributed by atoms with E-state index in [1.165, 1.54) is 0 Å². The molecule has 2 heterocycles. The first-order chi connectivity index (χ1) is 8.56. The fourth-order valence-corrected chi connectivity index (χ4v) is 2.56. The summed E-state index contributed by atoms with van der Waals surface area (Å²) in [5.41, 5.74) is 1.92. The molecule has 0 aromatic carbocycles. The first-order valence-corrected chi connectivity index (χ1v) is 6.63. The van der Waals surface area contributed by atoms with Crippen LogP contribution in [0.5, 0.6) is 0 Å². The first-order valence-electron chi connectivity index (χ1n) is 6.26. The molecule has 6 heteroatoms. The van der Waals surface area contributed by atoms with Gasteiger partial charge in [-0.1, -0.05) is 18.5 Å². The molecule has 1 fully saturated rings. The molecule has 5 nitrogen and oxygen atoms in total. The number of likely N-dealkylation sites (tertiary alicyclic amines) is 1. The van der Waals surface area contributed by atoms with Gasteiger partial charge in [-0.25, -0.2) is 0 Å². The van der Waals surface area contributed by atoms with Crippen molar-refractivity contribution in [3.8, 4) is 0 Å². The highest BCUT2D eigenvalue weighted by Crippen LogP contribution is 2.26. The summed E-state index contributed by atoms with van der Waals surface area (Å²) in [5.74, 6) is -0.942. The summed E-state index contributed by atoms with van der Waals surface area (Å²) in [6, 6.07) is 0. The van der Waals surface area contributed by atoms with Crippen LogP contribution in [0.2, 0.25) is 5.02 Å². The zero-order valence-corrected chi connectivity index (χ0v) is 11.4. The Bertz CT molecular complexity index is 452. The third-order valence-corrected chi connectivity index (χ3v) is 3.81. The fourth-order valence-electron chi connectivity index (χ4n) is 2.24. The van der Waals surface area contributed by atoms with Crippen molar-refractivity contribution >= 4 is 17.6 Å². The number of carbonyl (C=O) groups is 1. The Balaban J connectivity index is 2.06. The predicted molar refractivity (Wildman–Crippen MR) is 68.7 cm³/mol. The van der Waals surface area contributed by atoms with Gasteiger partial charge in [-0.2, -0.15) is 5.10 Å². The van der Waals surface area contributed by atoms with E-state index in [2.05, 4.69) is 10.00 Å². The standard InChI is InChI=1S/C12H18ClN3O2/c1-3-9-11(13)10(16(4-2)14-9)7-15-5-8(6-15)12(17)18/h8H,3-7H2,1-2H3,(H,17,18). The van der Waals surface area contributed by atoms with E-state index in [0.717, 1.165) is 29.4 Å². The van der Waals surface area contributed by atoms with Crippen LogP contribution in [-0.4, -0.2) is 38.8 Å². The monoisotopic (exact) mass is 271 g/mol. The molecule has 18 heavy (non-hydrogen) atoms. The molecule has 1 aliphatic rings. The van der Waals surface area contributed by atoms with Crippen molar-refractivity contribution in [3.05, 3.63) is 16.4 Å². The minimum Gasteiger partial charge on any atom is -0.481 e. The molecule has 0 radical (unpaired) electrons. The van der Waals surface area contributed by atoms with Crippen LogP contribution in [0.3, 0.4) is 0 Å². The molecular formula is C12H18ClN3O2. The highest BCUT2D eigenvalue weighted by atomic mass is 35.5. The van der Waals surface area contributed by atoms with Gasteiger partial charge in [0.2, 0.25) is 0 Å².